The average molecular weight is 240 g/mol. The van der Waals surface area contributed by atoms with Crippen LogP contribution in [-0.4, -0.2) is 53.1 Å². The van der Waals surface area contributed by atoms with Crippen LogP contribution in [0.15, 0.2) is 0 Å². The second kappa shape index (κ2) is 3.98. The monoisotopic (exact) mass is 240 g/mol. The maximum Gasteiger partial charge on any atom is 0.327 e. The lowest BCUT2D eigenvalue weighted by Gasteiger charge is -2.45. The van der Waals surface area contributed by atoms with E-state index in [1.807, 2.05) is 27.7 Å². The van der Waals surface area contributed by atoms with Crippen molar-refractivity contribution in [2.75, 3.05) is 19.8 Å². The zero-order valence-electron chi connectivity index (χ0n) is 10.9. The SMILES string of the molecule is CCN1C(=O)N(C(C)(C)C)C(=O)C2COCC21. The lowest BCUT2D eigenvalue weighted by atomic mass is 9.94. The number of fused-ring (bicyclic) bond motifs is 1. The van der Waals surface area contributed by atoms with E-state index in [4.69, 9.17) is 4.74 Å². The highest BCUT2D eigenvalue weighted by Crippen LogP contribution is 2.31. The van der Waals surface area contributed by atoms with Gasteiger partial charge in [-0.3, -0.25) is 9.69 Å². The first-order valence-corrected chi connectivity index (χ1v) is 6.10. The first-order chi connectivity index (χ1) is 7.88. The smallest absolute Gasteiger partial charge is 0.327 e. The molecule has 2 saturated heterocycles. The highest BCUT2D eigenvalue weighted by molar-refractivity contribution is 5.99. The van der Waals surface area contributed by atoms with Gasteiger partial charge in [0.2, 0.25) is 5.91 Å². The molecule has 2 atom stereocenters. The Bertz CT molecular complexity index is 348. The van der Waals surface area contributed by atoms with Crippen LogP contribution >= 0.6 is 0 Å². The molecule has 0 radical (unpaired) electrons. The van der Waals surface area contributed by atoms with E-state index in [0.29, 0.717) is 19.8 Å². The largest absolute Gasteiger partial charge is 0.378 e. The van der Waals surface area contributed by atoms with Crippen molar-refractivity contribution in [3.05, 3.63) is 0 Å². The number of carbonyl (C=O) groups is 2. The Kier molecular flexibility index (Phi) is 2.89. The van der Waals surface area contributed by atoms with Crippen molar-refractivity contribution < 1.29 is 14.3 Å². The molecule has 2 heterocycles. The zero-order valence-corrected chi connectivity index (χ0v) is 10.9. The Labute approximate surface area is 102 Å². The van der Waals surface area contributed by atoms with Gasteiger partial charge in [0.1, 0.15) is 0 Å². The van der Waals surface area contributed by atoms with Crippen molar-refractivity contribution in [2.45, 2.75) is 39.3 Å². The lowest BCUT2D eigenvalue weighted by Crippen LogP contribution is -2.65. The minimum atomic E-state index is -0.477. The summed E-state index contributed by atoms with van der Waals surface area (Å²) in [6, 6.07) is -0.254. The third-order valence-electron chi connectivity index (χ3n) is 3.44. The van der Waals surface area contributed by atoms with Crippen molar-refractivity contribution in [1.29, 1.82) is 0 Å². The fourth-order valence-electron chi connectivity index (χ4n) is 2.60. The van der Waals surface area contributed by atoms with Crippen molar-refractivity contribution in [3.63, 3.8) is 0 Å². The first kappa shape index (κ1) is 12.4. The normalized spacial score (nSPS) is 29.9. The van der Waals surface area contributed by atoms with Crippen LogP contribution in [-0.2, 0) is 9.53 Å². The highest BCUT2D eigenvalue weighted by atomic mass is 16.5. The number of hydrogen-bond donors (Lipinski definition) is 0. The number of carbonyl (C=O) groups excluding carboxylic acids is 2. The Morgan fingerprint density at radius 3 is 2.47 bits per heavy atom. The molecule has 2 rings (SSSR count). The number of nitrogens with zero attached hydrogens (tertiary/aromatic N) is 2. The fourth-order valence-corrected chi connectivity index (χ4v) is 2.60. The van der Waals surface area contributed by atoms with Gasteiger partial charge >= 0.3 is 6.03 Å². The van der Waals surface area contributed by atoms with Crippen LogP contribution in [0.25, 0.3) is 0 Å². The predicted octanol–water partition coefficient (Wildman–Crippen LogP) is 1.08. The highest BCUT2D eigenvalue weighted by Gasteiger charge is 2.51. The van der Waals surface area contributed by atoms with Gasteiger partial charge in [-0.25, -0.2) is 4.79 Å². The molecule has 2 unspecified atom stereocenters. The molecule has 3 amide bonds. The van der Waals surface area contributed by atoms with Gasteiger partial charge in [-0.15, -0.1) is 0 Å². The number of likely N-dealkylation sites (N-methyl/N-ethyl adjacent to an activating group) is 1. The van der Waals surface area contributed by atoms with E-state index in [-0.39, 0.29) is 23.9 Å². The molecule has 2 fully saturated rings. The molecule has 0 aliphatic carbocycles. The number of ether oxygens (including phenoxy) is 1. The predicted molar refractivity (Wildman–Crippen MR) is 62.5 cm³/mol. The van der Waals surface area contributed by atoms with Crippen LogP contribution < -0.4 is 0 Å². The maximum atomic E-state index is 12.3. The Hall–Kier alpha value is -1.10. The third kappa shape index (κ3) is 1.82. The molecule has 0 spiro atoms. The molecular formula is C12H20N2O3. The van der Waals surface area contributed by atoms with Crippen LogP contribution in [0.1, 0.15) is 27.7 Å². The number of imide groups is 1. The molecule has 5 heteroatoms. The van der Waals surface area contributed by atoms with Gasteiger partial charge in [-0.2, -0.15) is 0 Å². The summed E-state index contributed by atoms with van der Waals surface area (Å²) in [4.78, 5) is 27.8. The molecule has 2 aliphatic rings. The minimum absolute atomic E-state index is 0.0707. The van der Waals surface area contributed by atoms with E-state index >= 15 is 0 Å². The van der Waals surface area contributed by atoms with Crippen LogP contribution in [0.4, 0.5) is 4.79 Å². The van der Waals surface area contributed by atoms with E-state index in [1.165, 1.54) is 4.90 Å². The molecular weight excluding hydrogens is 220 g/mol. The lowest BCUT2D eigenvalue weighted by molar-refractivity contribution is -0.141. The summed E-state index contributed by atoms with van der Waals surface area (Å²) in [5.74, 6) is -0.276. The standard InChI is InChI=1S/C12H20N2O3/c1-5-13-9-7-17-6-8(9)10(15)14(11(13)16)12(2,3)4/h8-9H,5-7H2,1-4H3. The van der Waals surface area contributed by atoms with Crippen LogP contribution in [0, 0.1) is 5.92 Å². The van der Waals surface area contributed by atoms with Crippen molar-refractivity contribution in [3.8, 4) is 0 Å². The van der Waals surface area contributed by atoms with E-state index in [0.717, 1.165) is 0 Å². The van der Waals surface area contributed by atoms with Crippen LogP contribution in [0.2, 0.25) is 0 Å². The minimum Gasteiger partial charge on any atom is -0.378 e. The van der Waals surface area contributed by atoms with E-state index in [1.54, 1.807) is 4.90 Å². The Balaban J connectivity index is 2.36. The van der Waals surface area contributed by atoms with Gasteiger partial charge in [-0.05, 0) is 27.7 Å². The molecule has 0 aromatic carbocycles. The van der Waals surface area contributed by atoms with Crippen molar-refractivity contribution in [2.24, 2.45) is 5.92 Å². The van der Waals surface area contributed by atoms with Gasteiger partial charge in [-0.1, -0.05) is 0 Å². The van der Waals surface area contributed by atoms with E-state index < -0.39 is 5.54 Å². The molecule has 0 saturated carbocycles. The number of rotatable bonds is 1. The summed E-state index contributed by atoms with van der Waals surface area (Å²) in [6.45, 7) is 9.10. The fraction of sp³-hybridized carbons (Fsp3) is 0.833. The summed E-state index contributed by atoms with van der Waals surface area (Å²) in [5.41, 5.74) is -0.477. The Morgan fingerprint density at radius 2 is 1.94 bits per heavy atom. The van der Waals surface area contributed by atoms with E-state index in [2.05, 4.69) is 0 Å². The number of hydrogen-bond acceptors (Lipinski definition) is 3. The van der Waals surface area contributed by atoms with E-state index in [9.17, 15) is 9.59 Å². The Morgan fingerprint density at radius 1 is 1.29 bits per heavy atom. The number of urea groups is 1. The second-order valence-corrected chi connectivity index (χ2v) is 5.62. The summed E-state index contributed by atoms with van der Waals surface area (Å²) < 4.78 is 5.36. The molecule has 0 bridgehead atoms. The van der Waals surface area contributed by atoms with Crippen LogP contribution in [0.5, 0.6) is 0 Å². The average Bonchev–Trinajstić information content (AvgIpc) is 2.65. The van der Waals surface area contributed by atoms with Gasteiger partial charge in [0, 0.05) is 12.1 Å². The summed E-state index contributed by atoms with van der Waals surface area (Å²) in [7, 11) is 0. The van der Waals surface area contributed by atoms with Crippen LogP contribution in [0.3, 0.4) is 0 Å². The number of amides is 3. The molecule has 0 aromatic heterocycles. The van der Waals surface area contributed by atoms with Gasteiger partial charge < -0.3 is 9.64 Å². The first-order valence-electron chi connectivity index (χ1n) is 6.10. The molecule has 0 aromatic rings. The molecule has 17 heavy (non-hydrogen) atoms. The van der Waals surface area contributed by atoms with Gasteiger partial charge in [0.25, 0.3) is 0 Å². The topological polar surface area (TPSA) is 49.9 Å². The summed E-state index contributed by atoms with van der Waals surface area (Å²) in [5, 5.41) is 0. The maximum absolute atomic E-state index is 12.3. The summed E-state index contributed by atoms with van der Waals surface area (Å²) in [6.07, 6.45) is 0. The quantitative estimate of drug-likeness (QED) is 0.689. The molecule has 0 N–H and O–H groups in total. The second-order valence-electron chi connectivity index (χ2n) is 5.62. The molecule has 5 nitrogen and oxygen atoms in total. The van der Waals surface area contributed by atoms with Crippen molar-refractivity contribution in [1.82, 2.24) is 9.80 Å². The summed E-state index contributed by atoms with van der Waals surface area (Å²) >= 11 is 0. The van der Waals surface area contributed by atoms with Gasteiger partial charge in [0.15, 0.2) is 0 Å². The van der Waals surface area contributed by atoms with Gasteiger partial charge in [0.05, 0.1) is 25.2 Å². The zero-order chi connectivity index (χ0) is 12.8. The molecule has 96 valence electrons. The molecule has 2 aliphatic heterocycles. The van der Waals surface area contributed by atoms with Crippen molar-refractivity contribution >= 4 is 11.9 Å². The third-order valence-corrected chi connectivity index (χ3v) is 3.44.